The number of nitrogens with zero attached hydrogens (tertiary/aromatic N) is 1. The zero-order valence-electron chi connectivity index (χ0n) is 15.4. The first-order valence-electron chi connectivity index (χ1n) is 8.53. The number of hydroxylamine groups is 1. The molecule has 144 valence electrons. The fourth-order valence-electron chi connectivity index (χ4n) is 2.29. The third-order valence-corrected chi connectivity index (χ3v) is 3.44. The predicted molar refractivity (Wildman–Crippen MR) is 100 cm³/mol. The maximum absolute atomic E-state index is 14.2. The highest BCUT2D eigenvalue weighted by Crippen LogP contribution is 2.33. The quantitative estimate of drug-likeness (QED) is 0.449. The van der Waals surface area contributed by atoms with Crippen LogP contribution in [0.2, 0.25) is 0 Å². The number of rotatable bonds is 6. The van der Waals surface area contributed by atoms with Crippen molar-refractivity contribution < 1.29 is 23.5 Å². The molecule has 8 heteroatoms. The molecule has 0 unspecified atom stereocenters. The highest BCUT2D eigenvalue weighted by atomic mass is 19.1. The summed E-state index contributed by atoms with van der Waals surface area (Å²) < 4.78 is 19.7. The molecule has 0 fully saturated rings. The third-order valence-electron chi connectivity index (χ3n) is 3.44. The van der Waals surface area contributed by atoms with E-state index in [0.29, 0.717) is 11.0 Å². The number of benzene rings is 1. The van der Waals surface area contributed by atoms with Crippen molar-refractivity contribution in [3.63, 3.8) is 0 Å². The van der Waals surface area contributed by atoms with E-state index in [1.807, 2.05) is 13.8 Å². The Bertz CT molecular complexity index is 911. The lowest BCUT2D eigenvalue weighted by molar-refractivity contribution is 0.0152. The Balaban J connectivity index is 0.00000126. The first-order chi connectivity index (χ1) is 13.1. The number of amides is 1. The number of hydrogen-bond donors (Lipinski definition) is 3. The van der Waals surface area contributed by atoms with E-state index in [1.165, 1.54) is 18.5 Å². The van der Waals surface area contributed by atoms with Gasteiger partial charge in [-0.15, -0.1) is 0 Å². The number of aliphatic hydroxyl groups is 1. The molecule has 0 radical (unpaired) electrons. The second-order valence-electron chi connectivity index (χ2n) is 5.29. The summed E-state index contributed by atoms with van der Waals surface area (Å²) in [5.74, 6) is -1.21. The summed E-state index contributed by atoms with van der Waals surface area (Å²) in [5.41, 5.74) is 3.82. The topological polar surface area (TPSA) is 96.6 Å². The molecule has 0 aliphatic heterocycles. The first kappa shape index (κ1) is 20.3. The van der Waals surface area contributed by atoms with Crippen LogP contribution in [-0.2, 0) is 4.84 Å². The van der Waals surface area contributed by atoms with Crippen LogP contribution in [0.5, 0.6) is 0 Å². The number of furan rings is 1. The Kier molecular flexibility index (Phi) is 7.27. The van der Waals surface area contributed by atoms with Gasteiger partial charge in [0.1, 0.15) is 17.1 Å². The van der Waals surface area contributed by atoms with E-state index in [4.69, 9.17) is 14.4 Å². The van der Waals surface area contributed by atoms with Crippen LogP contribution < -0.4 is 10.8 Å². The Morgan fingerprint density at radius 2 is 2.11 bits per heavy atom. The smallest absolute Gasteiger partial charge is 0.312 e. The fourth-order valence-corrected chi connectivity index (χ4v) is 2.29. The molecular weight excluding hydrogens is 353 g/mol. The molecular formula is C19H22FN3O4. The van der Waals surface area contributed by atoms with Crippen molar-refractivity contribution in [1.82, 2.24) is 10.5 Å². The van der Waals surface area contributed by atoms with Gasteiger partial charge in [0.05, 0.1) is 24.3 Å². The fraction of sp³-hybridized carbons (Fsp3) is 0.263. The summed E-state index contributed by atoms with van der Waals surface area (Å²) in [6.45, 7) is 5.47. The lowest BCUT2D eigenvalue weighted by atomic mass is 10.2. The minimum atomic E-state index is -0.667. The summed E-state index contributed by atoms with van der Waals surface area (Å²) in [7, 11) is 0. The minimum absolute atomic E-state index is 0.0666. The molecule has 0 aliphatic rings. The molecule has 2 aromatic heterocycles. The maximum atomic E-state index is 14.2. The van der Waals surface area contributed by atoms with Gasteiger partial charge < -0.3 is 14.8 Å². The van der Waals surface area contributed by atoms with Crippen molar-refractivity contribution >= 4 is 28.3 Å². The van der Waals surface area contributed by atoms with Gasteiger partial charge in [0, 0.05) is 12.4 Å². The molecule has 0 bridgehead atoms. The van der Waals surface area contributed by atoms with Crippen LogP contribution in [-0.4, -0.2) is 29.2 Å². The van der Waals surface area contributed by atoms with E-state index in [1.54, 1.807) is 25.1 Å². The van der Waals surface area contributed by atoms with Gasteiger partial charge in [-0.2, -0.15) is 0 Å². The number of anilines is 2. The average Bonchev–Trinajstić information content (AvgIpc) is 3.04. The van der Waals surface area contributed by atoms with Gasteiger partial charge in [-0.25, -0.2) is 9.87 Å². The van der Waals surface area contributed by atoms with Gasteiger partial charge in [0.25, 0.3) is 0 Å². The standard InChI is InChI=1S/C17H16FN3O4.C2H6/c1-10-2-3-13(12(18)8-10)20-15-11-9-19-5-4-14(11)25-16(15)17(23)21-24-7-6-22;1-2/h2-5,8-9,20,22H,6-7H2,1H3,(H,21,23);1-2H3. The normalized spacial score (nSPS) is 10.3. The van der Waals surface area contributed by atoms with Crippen LogP contribution in [0.4, 0.5) is 15.8 Å². The molecule has 27 heavy (non-hydrogen) atoms. The van der Waals surface area contributed by atoms with Gasteiger partial charge in [-0.3, -0.25) is 14.6 Å². The van der Waals surface area contributed by atoms with E-state index in [2.05, 4.69) is 15.8 Å². The van der Waals surface area contributed by atoms with E-state index >= 15 is 0 Å². The third kappa shape index (κ3) is 4.81. The molecule has 0 saturated heterocycles. The largest absolute Gasteiger partial charge is 0.448 e. The molecule has 1 aromatic carbocycles. The van der Waals surface area contributed by atoms with Crippen molar-refractivity contribution in [2.75, 3.05) is 18.5 Å². The molecule has 0 saturated carbocycles. The number of aryl methyl sites for hydroxylation is 1. The van der Waals surface area contributed by atoms with Crippen molar-refractivity contribution in [3.05, 3.63) is 53.8 Å². The number of nitrogens with one attached hydrogen (secondary N) is 2. The van der Waals surface area contributed by atoms with Crippen molar-refractivity contribution in [3.8, 4) is 0 Å². The van der Waals surface area contributed by atoms with Gasteiger partial charge in [-0.1, -0.05) is 19.9 Å². The molecule has 7 nitrogen and oxygen atoms in total. The second-order valence-corrected chi connectivity index (χ2v) is 5.29. The van der Waals surface area contributed by atoms with Gasteiger partial charge >= 0.3 is 5.91 Å². The summed E-state index contributed by atoms with van der Waals surface area (Å²) in [6.07, 6.45) is 3.03. The number of aliphatic hydroxyl groups excluding tert-OH is 1. The van der Waals surface area contributed by atoms with Gasteiger partial charge in [0.15, 0.2) is 0 Å². The summed E-state index contributed by atoms with van der Waals surface area (Å²) in [4.78, 5) is 21.1. The Labute approximate surface area is 156 Å². The van der Waals surface area contributed by atoms with Crippen molar-refractivity contribution in [2.45, 2.75) is 20.8 Å². The zero-order valence-corrected chi connectivity index (χ0v) is 15.4. The molecule has 0 spiro atoms. The number of halogens is 1. The molecule has 3 rings (SSSR count). The molecule has 2 heterocycles. The Morgan fingerprint density at radius 1 is 1.33 bits per heavy atom. The van der Waals surface area contributed by atoms with Crippen LogP contribution in [0.1, 0.15) is 30.0 Å². The van der Waals surface area contributed by atoms with Crippen molar-refractivity contribution in [2.24, 2.45) is 0 Å². The highest BCUT2D eigenvalue weighted by molar-refractivity contribution is 6.06. The van der Waals surface area contributed by atoms with E-state index in [-0.39, 0.29) is 30.3 Å². The number of fused-ring (bicyclic) bond motifs is 1. The van der Waals surface area contributed by atoms with E-state index in [9.17, 15) is 9.18 Å². The maximum Gasteiger partial charge on any atom is 0.312 e. The van der Waals surface area contributed by atoms with Crippen molar-refractivity contribution in [1.29, 1.82) is 0 Å². The Hall–Kier alpha value is -2.97. The molecule has 1 amide bonds. The molecule has 3 aromatic rings. The minimum Gasteiger partial charge on any atom is -0.448 e. The number of hydrogen-bond acceptors (Lipinski definition) is 6. The highest BCUT2D eigenvalue weighted by Gasteiger charge is 2.22. The molecule has 0 atom stereocenters. The van der Waals surface area contributed by atoms with Crippen LogP contribution in [0.15, 0.2) is 41.1 Å². The first-order valence-corrected chi connectivity index (χ1v) is 8.53. The van der Waals surface area contributed by atoms with Gasteiger partial charge in [-0.05, 0) is 30.7 Å². The van der Waals surface area contributed by atoms with E-state index in [0.717, 1.165) is 5.56 Å². The van der Waals surface area contributed by atoms with Crippen LogP contribution in [0.25, 0.3) is 11.0 Å². The van der Waals surface area contributed by atoms with E-state index < -0.39 is 11.7 Å². The number of pyridine rings is 1. The summed E-state index contributed by atoms with van der Waals surface area (Å²) >= 11 is 0. The summed E-state index contributed by atoms with van der Waals surface area (Å²) in [5, 5.41) is 12.1. The summed E-state index contributed by atoms with van der Waals surface area (Å²) in [6, 6.07) is 6.30. The molecule has 0 aliphatic carbocycles. The lowest BCUT2D eigenvalue weighted by Crippen LogP contribution is -2.25. The lowest BCUT2D eigenvalue weighted by Gasteiger charge is -2.09. The predicted octanol–water partition coefficient (Wildman–Crippen LogP) is 3.70. The average molecular weight is 375 g/mol. The van der Waals surface area contributed by atoms with Crippen LogP contribution in [0.3, 0.4) is 0 Å². The monoisotopic (exact) mass is 375 g/mol. The van der Waals surface area contributed by atoms with Crippen LogP contribution >= 0.6 is 0 Å². The number of aromatic nitrogens is 1. The zero-order chi connectivity index (χ0) is 19.8. The van der Waals surface area contributed by atoms with Gasteiger partial charge in [0.2, 0.25) is 5.76 Å². The second kappa shape index (κ2) is 9.65. The SMILES string of the molecule is CC.Cc1ccc(Nc2c(C(=O)NOCCO)oc3ccncc23)c(F)c1. The molecule has 3 N–H and O–H groups in total. The van der Waals surface area contributed by atoms with Crippen LogP contribution in [0, 0.1) is 12.7 Å². The Morgan fingerprint density at radius 3 is 2.81 bits per heavy atom. The number of carbonyl (C=O) groups excluding carboxylic acids is 1. The number of carbonyl (C=O) groups is 1.